The zero-order valence-corrected chi connectivity index (χ0v) is 14.8. The number of amides is 2. The molecule has 1 aromatic rings. The normalized spacial score (nSPS) is 19.9. The quantitative estimate of drug-likeness (QED) is 0.752. The van der Waals surface area contributed by atoms with E-state index in [4.69, 9.17) is 9.47 Å². The third kappa shape index (κ3) is 4.25. The van der Waals surface area contributed by atoms with E-state index in [1.54, 1.807) is 12.0 Å². The highest BCUT2D eigenvalue weighted by Gasteiger charge is 2.29. The van der Waals surface area contributed by atoms with Crippen LogP contribution in [0.1, 0.15) is 12.8 Å². The Hall–Kier alpha value is -2.77. The van der Waals surface area contributed by atoms with Crippen molar-refractivity contribution >= 4 is 23.5 Å². The Morgan fingerprint density at radius 1 is 1.15 bits per heavy atom. The number of benzene rings is 1. The maximum atomic E-state index is 12.2. The van der Waals surface area contributed by atoms with E-state index in [9.17, 15) is 14.4 Å². The van der Waals surface area contributed by atoms with Crippen molar-refractivity contribution in [1.29, 1.82) is 0 Å². The van der Waals surface area contributed by atoms with Crippen LogP contribution in [0.25, 0.3) is 0 Å². The van der Waals surface area contributed by atoms with Gasteiger partial charge in [0.1, 0.15) is 11.8 Å². The Morgan fingerprint density at radius 3 is 2.42 bits per heavy atom. The fourth-order valence-corrected chi connectivity index (χ4v) is 3.12. The van der Waals surface area contributed by atoms with Crippen molar-refractivity contribution in [3.8, 4) is 5.75 Å². The molecule has 1 atom stereocenters. The molecule has 26 heavy (non-hydrogen) atoms. The second kappa shape index (κ2) is 8.07. The van der Waals surface area contributed by atoms with Crippen molar-refractivity contribution in [2.75, 3.05) is 44.8 Å². The van der Waals surface area contributed by atoms with Crippen molar-refractivity contribution in [2.24, 2.45) is 0 Å². The molecule has 2 fully saturated rings. The van der Waals surface area contributed by atoms with E-state index >= 15 is 0 Å². The standard InChI is InChI=1S/C18H23N3O5/c1-25-14-4-2-13(3-5-14)20-8-10-21(11-9-20)17(23)12-26-18(24)15-6-7-16(22)19-15/h2-5,15H,6-12H2,1H3,(H,19,22)/t15-/m0/s1. The summed E-state index contributed by atoms with van der Waals surface area (Å²) in [4.78, 5) is 39.1. The zero-order chi connectivity index (χ0) is 18.5. The van der Waals surface area contributed by atoms with E-state index in [2.05, 4.69) is 10.2 Å². The van der Waals surface area contributed by atoms with E-state index in [1.807, 2.05) is 24.3 Å². The van der Waals surface area contributed by atoms with Crippen LogP contribution in [0.5, 0.6) is 5.75 Å². The molecule has 2 heterocycles. The summed E-state index contributed by atoms with van der Waals surface area (Å²) in [6, 6.07) is 7.19. The van der Waals surface area contributed by atoms with E-state index in [0.717, 1.165) is 11.4 Å². The summed E-state index contributed by atoms with van der Waals surface area (Å²) in [5, 5.41) is 2.54. The highest BCUT2D eigenvalue weighted by atomic mass is 16.5. The van der Waals surface area contributed by atoms with Crippen LogP contribution in [0, 0.1) is 0 Å². The van der Waals surface area contributed by atoms with Crippen LogP contribution in [0.4, 0.5) is 5.69 Å². The molecule has 3 rings (SSSR count). The maximum Gasteiger partial charge on any atom is 0.329 e. The number of carbonyl (C=O) groups is 3. The second-order valence-electron chi connectivity index (χ2n) is 6.33. The minimum atomic E-state index is -0.623. The van der Waals surface area contributed by atoms with Crippen LogP contribution in [0.15, 0.2) is 24.3 Å². The second-order valence-corrected chi connectivity index (χ2v) is 6.33. The third-order valence-corrected chi connectivity index (χ3v) is 4.69. The van der Waals surface area contributed by atoms with Crippen LogP contribution in [-0.4, -0.2) is 68.6 Å². The number of hydrogen-bond donors (Lipinski definition) is 1. The molecule has 0 aliphatic carbocycles. The van der Waals surface area contributed by atoms with Gasteiger partial charge >= 0.3 is 5.97 Å². The van der Waals surface area contributed by atoms with Crippen molar-refractivity contribution < 1.29 is 23.9 Å². The highest BCUT2D eigenvalue weighted by molar-refractivity contribution is 5.89. The number of carbonyl (C=O) groups excluding carboxylic acids is 3. The predicted molar refractivity (Wildman–Crippen MR) is 93.9 cm³/mol. The zero-order valence-electron chi connectivity index (χ0n) is 14.8. The smallest absolute Gasteiger partial charge is 0.329 e. The van der Waals surface area contributed by atoms with Crippen molar-refractivity contribution in [3.63, 3.8) is 0 Å². The van der Waals surface area contributed by atoms with Crippen molar-refractivity contribution in [1.82, 2.24) is 10.2 Å². The summed E-state index contributed by atoms with van der Waals surface area (Å²) < 4.78 is 10.2. The van der Waals surface area contributed by atoms with Crippen LogP contribution in [0.3, 0.4) is 0 Å². The molecule has 2 aliphatic heterocycles. The fraction of sp³-hybridized carbons (Fsp3) is 0.500. The largest absolute Gasteiger partial charge is 0.497 e. The first kappa shape index (κ1) is 18.0. The summed E-state index contributed by atoms with van der Waals surface area (Å²) in [7, 11) is 1.63. The van der Waals surface area contributed by atoms with Gasteiger partial charge in [-0.1, -0.05) is 0 Å². The molecule has 8 nitrogen and oxygen atoms in total. The molecular weight excluding hydrogens is 338 g/mol. The SMILES string of the molecule is COc1ccc(N2CCN(C(=O)COC(=O)[C@@H]3CCC(=O)N3)CC2)cc1. The third-order valence-electron chi connectivity index (χ3n) is 4.69. The van der Waals surface area contributed by atoms with Gasteiger partial charge in [0.05, 0.1) is 7.11 Å². The van der Waals surface area contributed by atoms with Gasteiger partial charge in [0.25, 0.3) is 5.91 Å². The first-order valence-corrected chi connectivity index (χ1v) is 8.69. The number of piperazine rings is 1. The lowest BCUT2D eigenvalue weighted by atomic mass is 10.2. The molecular formula is C18H23N3O5. The molecule has 0 aromatic heterocycles. The lowest BCUT2D eigenvalue weighted by Crippen LogP contribution is -2.50. The molecule has 0 bridgehead atoms. The van der Waals surface area contributed by atoms with Crippen LogP contribution in [0.2, 0.25) is 0 Å². The molecule has 1 aromatic carbocycles. The Bertz CT molecular complexity index is 668. The number of ether oxygens (including phenoxy) is 2. The minimum Gasteiger partial charge on any atom is -0.497 e. The number of anilines is 1. The fourth-order valence-electron chi connectivity index (χ4n) is 3.12. The molecule has 2 amide bonds. The monoisotopic (exact) mass is 361 g/mol. The number of nitrogens with zero attached hydrogens (tertiary/aromatic N) is 2. The Kier molecular flexibility index (Phi) is 5.60. The number of methoxy groups -OCH3 is 1. The van der Waals surface area contributed by atoms with Gasteiger partial charge in [-0.2, -0.15) is 0 Å². The molecule has 0 unspecified atom stereocenters. The maximum absolute atomic E-state index is 12.2. The number of hydrogen-bond acceptors (Lipinski definition) is 6. The molecule has 8 heteroatoms. The highest BCUT2D eigenvalue weighted by Crippen LogP contribution is 2.20. The lowest BCUT2D eigenvalue weighted by molar-refractivity contribution is -0.153. The summed E-state index contributed by atoms with van der Waals surface area (Å²) in [6.45, 7) is 2.29. The minimum absolute atomic E-state index is 0.159. The van der Waals surface area contributed by atoms with Gasteiger partial charge in [-0.05, 0) is 30.7 Å². The van der Waals surface area contributed by atoms with Crippen LogP contribution in [-0.2, 0) is 19.1 Å². The van der Waals surface area contributed by atoms with Crippen LogP contribution >= 0.6 is 0 Å². The number of rotatable bonds is 5. The topological polar surface area (TPSA) is 88.2 Å². The molecule has 0 radical (unpaired) electrons. The molecule has 0 spiro atoms. The molecule has 140 valence electrons. The average Bonchev–Trinajstić information content (AvgIpc) is 3.12. The first-order chi connectivity index (χ1) is 12.6. The van der Waals surface area contributed by atoms with Gasteiger partial charge in [-0.3, -0.25) is 9.59 Å². The lowest BCUT2D eigenvalue weighted by Gasteiger charge is -2.36. The van der Waals surface area contributed by atoms with E-state index in [-0.39, 0.29) is 18.4 Å². The Labute approximate surface area is 152 Å². The van der Waals surface area contributed by atoms with Gasteiger partial charge in [-0.15, -0.1) is 0 Å². The van der Waals surface area contributed by atoms with Gasteiger partial charge < -0.3 is 24.6 Å². The average molecular weight is 361 g/mol. The van der Waals surface area contributed by atoms with Gasteiger partial charge in [0, 0.05) is 38.3 Å². The summed E-state index contributed by atoms with van der Waals surface area (Å²) in [5.74, 6) is -0.103. The van der Waals surface area contributed by atoms with Crippen molar-refractivity contribution in [2.45, 2.75) is 18.9 Å². The Balaban J connectivity index is 1.43. The number of nitrogens with one attached hydrogen (secondary N) is 1. The number of esters is 1. The van der Waals surface area contributed by atoms with Gasteiger partial charge in [0.15, 0.2) is 6.61 Å². The molecule has 1 N–H and O–H groups in total. The molecule has 2 aliphatic rings. The van der Waals surface area contributed by atoms with Gasteiger partial charge in [-0.25, -0.2) is 4.79 Å². The molecule has 2 saturated heterocycles. The predicted octanol–water partition coefficient (Wildman–Crippen LogP) is 0.166. The van der Waals surface area contributed by atoms with Gasteiger partial charge in [0.2, 0.25) is 5.91 Å². The van der Waals surface area contributed by atoms with E-state index in [0.29, 0.717) is 39.0 Å². The molecule has 0 saturated carbocycles. The van der Waals surface area contributed by atoms with E-state index in [1.165, 1.54) is 0 Å². The first-order valence-electron chi connectivity index (χ1n) is 8.69. The van der Waals surface area contributed by atoms with Crippen molar-refractivity contribution in [3.05, 3.63) is 24.3 Å². The van der Waals surface area contributed by atoms with Crippen LogP contribution < -0.4 is 15.0 Å². The Morgan fingerprint density at radius 2 is 1.85 bits per heavy atom. The summed E-state index contributed by atoms with van der Waals surface area (Å²) in [5.41, 5.74) is 1.08. The van der Waals surface area contributed by atoms with E-state index < -0.39 is 12.0 Å². The summed E-state index contributed by atoms with van der Waals surface area (Å²) >= 11 is 0. The summed E-state index contributed by atoms with van der Waals surface area (Å²) in [6.07, 6.45) is 0.743.